The maximum Gasteiger partial charge on any atom is 0.258 e. The average molecular weight is 314 g/mol. The Labute approximate surface area is 131 Å². The number of fused-ring (bicyclic) bond motifs is 1. The van der Waals surface area contributed by atoms with Crippen LogP contribution in [0.1, 0.15) is 35.1 Å². The summed E-state index contributed by atoms with van der Waals surface area (Å²) >= 11 is 1.61. The summed E-state index contributed by atoms with van der Waals surface area (Å²) in [6.45, 7) is 4.19. The standard InChI is InChI=1S/C17H15FN2OS/c1-10(2)17-20-14-8-7-11(9-15(14)22-17)19-16(21)12-5-3-4-6-13(12)18/h3-10H,1-2H3,(H,19,21). The predicted octanol–water partition coefficient (Wildman–Crippen LogP) is 4.81. The highest BCUT2D eigenvalue weighted by Crippen LogP contribution is 2.29. The lowest BCUT2D eigenvalue weighted by Gasteiger charge is -2.05. The van der Waals surface area contributed by atoms with E-state index in [2.05, 4.69) is 24.1 Å². The minimum atomic E-state index is -0.527. The third-order valence-electron chi connectivity index (χ3n) is 3.28. The third kappa shape index (κ3) is 2.85. The van der Waals surface area contributed by atoms with E-state index in [1.807, 2.05) is 12.1 Å². The number of nitrogens with zero attached hydrogens (tertiary/aromatic N) is 1. The zero-order valence-corrected chi connectivity index (χ0v) is 13.1. The molecule has 0 saturated carbocycles. The van der Waals surface area contributed by atoms with Crippen molar-refractivity contribution in [2.24, 2.45) is 0 Å². The van der Waals surface area contributed by atoms with Crippen molar-refractivity contribution in [1.82, 2.24) is 4.98 Å². The van der Waals surface area contributed by atoms with Crippen molar-refractivity contribution in [1.29, 1.82) is 0 Å². The van der Waals surface area contributed by atoms with Crippen LogP contribution in [-0.4, -0.2) is 10.9 Å². The van der Waals surface area contributed by atoms with Gasteiger partial charge in [0.05, 0.1) is 20.8 Å². The molecular weight excluding hydrogens is 299 g/mol. The summed E-state index contributed by atoms with van der Waals surface area (Å²) in [5.41, 5.74) is 1.59. The first kappa shape index (κ1) is 14.7. The van der Waals surface area contributed by atoms with Gasteiger partial charge in [-0.3, -0.25) is 4.79 Å². The van der Waals surface area contributed by atoms with Gasteiger partial charge in [0.25, 0.3) is 5.91 Å². The molecule has 5 heteroatoms. The lowest BCUT2D eigenvalue weighted by molar-refractivity contribution is 0.102. The monoisotopic (exact) mass is 314 g/mol. The highest BCUT2D eigenvalue weighted by atomic mass is 32.1. The molecule has 3 nitrogen and oxygen atoms in total. The van der Waals surface area contributed by atoms with Gasteiger partial charge in [0.2, 0.25) is 0 Å². The molecule has 1 heterocycles. The summed E-state index contributed by atoms with van der Waals surface area (Å²) in [6, 6.07) is 11.5. The van der Waals surface area contributed by atoms with Crippen LogP contribution >= 0.6 is 11.3 Å². The number of hydrogen-bond donors (Lipinski definition) is 1. The van der Waals surface area contributed by atoms with Gasteiger partial charge >= 0.3 is 0 Å². The zero-order chi connectivity index (χ0) is 15.7. The van der Waals surface area contributed by atoms with Crippen molar-refractivity contribution in [2.45, 2.75) is 19.8 Å². The molecule has 1 aromatic heterocycles. The van der Waals surface area contributed by atoms with E-state index in [9.17, 15) is 9.18 Å². The van der Waals surface area contributed by atoms with E-state index in [1.54, 1.807) is 29.5 Å². The Balaban J connectivity index is 1.88. The molecule has 0 atom stereocenters. The van der Waals surface area contributed by atoms with Crippen LogP contribution in [0.2, 0.25) is 0 Å². The summed E-state index contributed by atoms with van der Waals surface area (Å²) in [6.07, 6.45) is 0. The Morgan fingerprint density at radius 1 is 1.23 bits per heavy atom. The number of rotatable bonds is 3. The Morgan fingerprint density at radius 2 is 2.00 bits per heavy atom. The van der Waals surface area contributed by atoms with Crippen LogP contribution < -0.4 is 5.32 Å². The fourth-order valence-electron chi connectivity index (χ4n) is 2.11. The minimum Gasteiger partial charge on any atom is -0.322 e. The Hall–Kier alpha value is -2.27. The van der Waals surface area contributed by atoms with E-state index in [0.717, 1.165) is 15.2 Å². The fraction of sp³-hybridized carbons (Fsp3) is 0.176. The first-order valence-corrected chi connectivity index (χ1v) is 7.82. The zero-order valence-electron chi connectivity index (χ0n) is 12.3. The largest absolute Gasteiger partial charge is 0.322 e. The molecule has 0 unspecified atom stereocenters. The van der Waals surface area contributed by atoms with Gasteiger partial charge in [0, 0.05) is 11.6 Å². The number of hydrogen-bond acceptors (Lipinski definition) is 3. The van der Waals surface area contributed by atoms with Crippen molar-refractivity contribution in [3.63, 3.8) is 0 Å². The van der Waals surface area contributed by atoms with E-state index < -0.39 is 11.7 Å². The molecule has 0 aliphatic rings. The second-order valence-corrected chi connectivity index (χ2v) is 6.39. The number of carbonyl (C=O) groups is 1. The SMILES string of the molecule is CC(C)c1nc2ccc(NC(=O)c3ccccc3F)cc2s1. The Kier molecular flexibility index (Phi) is 3.90. The second kappa shape index (κ2) is 5.85. The molecule has 0 saturated heterocycles. The molecule has 1 amide bonds. The molecule has 0 aliphatic heterocycles. The summed E-state index contributed by atoms with van der Waals surface area (Å²) in [4.78, 5) is 16.7. The highest BCUT2D eigenvalue weighted by Gasteiger charge is 2.12. The molecule has 0 fully saturated rings. The summed E-state index contributed by atoms with van der Waals surface area (Å²) in [5, 5.41) is 3.79. The quantitative estimate of drug-likeness (QED) is 0.753. The number of amides is 1. The van der Waals surface area contributed by atoms with Crippen LogP contribution in [0.5, 0.6) is 0 Å². The number of anilines is 1. The third-order valence-corrected chi connectivity index (χ3v) is 4.59. The summed E-state index contributed by atoms with van der Waals surface area (Å²) < 4.78 is 14.6. The normalized spacial score (nSPS) is 11.1. The van der Waals surface area contributed by atoms with Crippen LogP contribution in [0.15, 0.2) is 42.5 Å². The van der Waals surface area contributed by atoms with Crippen LogP contribution in [0.25, 0.3) is 10.2 Å². The molecule has 1 N–H and O–H groups in total. The predicted molar refractivity (Wildman–Crippen MR) is 88.1 cm³/mol. The van der Waals surface area contributed by atoms with Crippen molar-refractivity contribution >= 4 is 33.1 Å². The highest BCUT2D eigenvalue weighted by molar-refractivity contribution is 7.18. The maximum absolute atomic E-state index is 13.6. The van der Waals surface area contributed by atoms with E-state index in [0.29, 0.717) is 11.6 Å². The van der Waals surface area contributed by atoms with Gasteiger partial charge in [-0.25, -0.2) is 9.37 Å². The van der Waals surface area contributed by atoms with E-state index >= 15 is 0 Å². The molecule has 0 radical (unpaired) electrons. The molecule has 112 valence electrons. The van der Waals surface area contributed by atoms with Gasteiger partial charge in [-0.05, 0) is 30.3 Å². The first-order valence-electron chi connectivity index (χ1n) is 7.01. The van der Waals surface area contributed by atoms with Crippen LogP contribution in [0.4, 0.5) is 10.1 Å². The lowest BCUT2D eigenvalue weighted by atomic mass is 10.2. The molecular formula is C17H15FN2OS. The van der Waals surface area contributed by atoms with Crippen molar-refractivity contribution in [3.8, 4) is 0 Å². The molecule has 22 heavy (non-hydrogen) atoms. The molecule has 2 aromatic carbocycles. The van der Waals surface area contributed by atoms with Crippen LogP contribution in [0.3, 0.4) is 0 Å². The Morgan fingerprint density at radius 3 is 2.73 bits per heavy atom. The first-order chi connectivity index (χ1) is 10.5. The van der Waals surface area contributed by atoms with E-state index in [-0.39, 0.29) is 5.56 Å². The minimum absolute atomic E-state index is 0.0368. The molecule has 0 spiro atoms. The van der Waals surface area contributed by atoms with Crippen molar-refractivity contribution < 1.29 is 9.18 Å². The van der Waals surface area contributed by atoms with E-state index in [1.165, 1.54) is 12.1 Å². The number of benzene rings is 2. The van der Waals surface area contributed by atoms with Crippen LogP contribution in [-0.2, 0) is 0 Å². The van der Waals surface area contributed by atoms with Crippen molar-refractivity contribution in [3.05, 3.63) is 58.9 Å². The molecule has 0 aliphatic carbocycles. The van der Waals surface area contributed by atoms with Crippen molar-refractivity contribution in [2.75, 3.05) is 5.32 Å². The van der Waals surface area contributed by atoms with Gasteiger partial charge in [0.1, 0.15) is 5.82 Å². The van der Waals surface area contributed by atoms with E-state index in [4.69, 9.17) is 0 Å². The van der Waals surface area contributed by atoms with Gasteiger partial charge in [-0.15, -0.1) is 11.3 Å². The summed E-state index contributed by atoms with van der Waals surface area (Å²) in [5.74, 6) is -0.610. The van der Waals surface area contributed by atoms with Crippen LogP contribution in [0, 0.1) is 5.82 Å². The number of carbonyl (C=O) groups excluding carboxylic acids is 1. The smallest absolute Gasteiger partial charge is 0.258 e. The topological polar surface area (TPSA) is 42.0 Å². The van der Waals surface area contributed by atoms with Gasteiger partial charge in [-0.2, -0.15) is 0 Å². The fourth-order valence-corrected chi connectivity index (χ4v) is 3.12. The maximum atomic E-state index is 13.6. The second-order valence-electron chi connectivity index (χ2n) is 5.32. The molecule has 0 bridgehead atoms. The number of halogens is 1. The number of nitrogens with one attached hydrogen (secondary N) is 1. The number of thiazole rings is 1. The number of aromatic nitrogens is 1. The summed E-state index contributed by atoms with van der Waals surface area (Å²) in [7, 11) is 0. The molecule has 3 rings (SSSR count). The van der Waals surface area contributed by atoms with Gasteiger partial charge in [0.15, 0.2) is 0 Å². The molecule has 3 aromatic rings. The Bertz CT molecular complexity index is 842. The van der Waals surface area contributed by atoms with Gasteiger partial charge in [-0.1, -0.05) is 26.0 Å². The van der Waals surface area contributed by atoms with Gasteiger partial charge < -0.3 is 5.32 Å². The lowest BCUT2D eigenvalue weighted by Crippen LogP contribution is -2.13. The average Bonchev–Trinajstić information content (AvgIpc) is 2.91.